The third kappa shape index (κ3) is 4.01. The first-order valence-electron chi connectivity index (χ1n) is 9.64. The summed E-state index contributed by atoms with van der Waals surface area (Å²) in [6.07, 6.45) is 0. The average molecular weight is 427 g/mol. The van der Waals surface area contributed by atoms with Gasteiger partial charge in [-0.25, -0.2) is 9.59 Å². The molecule has 0 amide bonds. The molecule has 0 fully saturated rings. The molecule has 8 heteroatoms. The molecule has 0 N–H and O–H groups in total. The molecule has 0 aliphatic heterocycles. The van der Waals surface area contributed by atoms with Crippen LogP contribution in [0.25, 0.3) is 10.9 Å². The highest BCUT2D eigenvalue weighted by Gasteiger charge is 2.22. The van der Waals surface area contributed by atoms with Gasteiger partial charge >= 0.3 is 11.9 Å². The van der Waals surface area contributed by atoms with Crippen LogP contribution in [0.1, 0.15) is 33.3 Å². The Morgan fingerprint density at radius 3 is 2.13 bits per heavy atom. The van der Waals surface area contributed by atoms with Gasteiger partial charge in [-0.1, -0.05) is 0 Å². The average Bonchev–Trinajstić information content (AvgIpc) is 3.02. The van der Waals surface area contributed by atoms with E-state index in [1.165, 1.54) is 33.5 Å². The minimum atomic E-state index is -0.607. The number of rotatable bonds is 7. The molecule has 0 bridgehead atoms. The Kier molecular flexibility index (Phi) is 6.39. The molecule has 0 saturated heterocycles. The highest BCUT2D eigenvalue weighted by atomic mass is 16.5. The Morgan fingerprint density at radius 1 is 0.935 bits per heavy atom. The first-order valence-corrected chi connectivity index (χ1v) is 9.64. The van der Waals surface area contributed by atoms with Crippen molar-refractivity contribution in [3.05, 3.63) is 47.2 Å². The van der Waals surface area contributed by atoms with Crippen LogP contribution in [-0.2, 0) is 11.8 Å². The van der Waals surface area contributed by atoms with Gasteiger partial charge in [0.1, 0.15) is 5.75 Å². The van der Waals surface area contributed by atoms with Gasteiger partial charge < -0.3 is 28.3 Å². The number of esters is 2. The molecule has 0 aliphatic carbocycles. The maximum Gasteiger partial charge on any atom is 0.343 e. The first kappa shape index (κ1) is 22.0. The molecule has 1 aromatic heterocycles. The Hall–Kier alpha value is -3.68. The van der Waals surface area contributed by atoms with Crippen LogP contribution in [0.15, 0.2) is 30.3 Å². The van der Waals surface area contributed by atoms with Gasteiger partial charge in [-0.2, -0.15) is 0 Å². The van der Waals surface area contributed by atoms with Crippen LogP contribution in [0, 0.1) is 6.92 Å². The number of fused-ring (bicyclic) bond motifs is 1. The lowest BCUT2D eigenvalue weighted by Gasteiger charge is -2.13. The predicted octanol–water partition coefficient (Wildman–Crippen LogP) is 3.91. The molecule has 0 unspecified atom stereocenters. The molecule has 8 nitrogen and oxygen atoms in total. The third-order valence-electron chi connectivity index (χ3n) is 5.05. The fourth-order valence-electron chi connectivity index (χ4n) is 3.44. The predicted molar refractivity (Wildman–Crippen MR) is 115 cm³/mol. The molecule has 31 heavy (non-hydrogen) atoms. The highest BCUT2D eigenvalue weighted by molar-refractivity contribution is 6.06. The summed E-state index contributed by atoms with van der Waals surface area (Å²) in [7, 11) is 6.28. The molecular formula is C23H25NO7. The number of carbonyl (C=O) groups is 2. The minimum Gasteiger partial charge on any atom is -0.493 e. The number of aryl methyl sites for hydroxylation is 1. The summed E-state index contributed by atoms with van der Waals surface area (Å²) >= 11 is 0. The van der Waals surface area contributed by atoms with E-state index in [4.69, 9.17) is 23.7 Å². The first-order chi connectivity index (χ1) is 14.9. The number of nitrogens with zero attached hydrogens (tertiary/aromatic N) is 1. The molecule has 3 aromatic rings. The molecule has 0 radical (unpaired) electrons. The van der Waals surface area contributed by atoms with Gasteiger partial charge in [-0.3, -0.25) is 0 Å². The Bertz CT molecular complexity index is 1120. The van der Waals surface area contributed by atoms with Crippen LogP contribution < -0.4 is 18.9 Å². The summed E-state index contributed by atoms with van der Waals surface area (Å²) < 4.78 is 28.5. The fraction of sp³-hybridized carbons (Fsp3) is 0.304. The van der Waals surface area contributed by atoms with E-state index in [0.717, 1.165) is 11.2 Å². The number of aromatic nitrogens is 1. The van der Waals surface area contributed by atoms with Crippen molar-refractivity contribution in [1.29, 1.82) is 0 Å². The number of hydrogen-bond donors (Lipinski definition) is 0. The van der Waals surface area contributed by atoms with Crippen molar-refractivity contribution >= 4 is 22.8 Å². The molecule has 0 saturated carbocycles. The molecule has 0 atom stereocenters. The molecule has 1 heterocycles. The van der Waals surface area contributed by atoms with Crippen molar-refractivity contribution in [3.63, 3.8) is 0 Å². The van der Waals surface area contributed by atoms with Crippen molar-refractivity contribution in [2.45, 2.75) is 13.8 Å². The number of hydrogen-bond acceptors (Lipinski definition) is 7. The second-order valence-electron chi connectivity index (χ2n) is 6.72. The van der Waals surface area contributed by atoms with E-state index < -0.39 is 11.9 Å². The summed E-state index contributed by atoms with van der Waals surface area (Å²) in [4.78, 5) is 25.3. The monoisotopic (exact) mass is 427 g/mol. The third-order valence-corrected chi connectivity index (χ3v) is 5.05. The standard InChI is InChI=1S/C23H25NO7/c1-7-30-23(26)20-13(2)24(3)17-9-8-15(12-16(17)20)31-22(25)14-10-18(27-4)21(29-6)19(11-14)28-5/h8-12H,7H2,1-6H3. The molecule has 3 rings (SSSR count). The second kappa shape index (κ2) is 8.99. The van der Waals surface area contributed by atoms with E-state index in [0.29, 0.717) is 33.9 Å². The van der Waals surface area contributed by atoms with Gasteiger partial charge in [0.2, 0.25) is 5.75 Å². The number of carbonyl (C=O) groups excluding carboxylic acids is 2. The van der Waals surface area contributed by atoms with Crippen LogP contribution in [0.4, 0.5) is 0 Å². The van der Waals surface area contributed by atoms with Crippen molar-refractivity contribution in [2.24, 2.45) is 7.05 Å². The molecule has 164 valence electrons. The van der Waals surface area contributed by atoms with Crippen molar-refractivity contribution in [1.82, 2.24) is 4.57 Å². The van der Waals surface area contributed by atoms with Gasteiger partial charge in [0.25, 0.3) is 0 Å². The summed E-state index contributed by atoms with van der Waals surface area (Å²) in [5.41, 5.74) is 2.27. The fourth-order valence-corrected chi connectivity index (χ4v) is 3.44. The van der Waals surface area contributed by atoms with Gasteiger partial charge in [-0.05, 0) is 44.2 Å². The van der Waals surface area contributed by atoms with E-state index in [9.17, 15) is 9.59 Å². The second-order valence-corrected chi connectivity index (χ2v) is 6.72. The lowest BCUT2D eigenvalue weighted by Crippen LogP contribution is -2.10. The Labute approximate surface area is 180 Å². The summed E-state index contributed by atoms with van der Waals surface area (Å²) in [6, 6.07) is 8.15. The zero-order valence-corrected chi connectivity index (χ0v) is 18.4. The SMILES string of the molecule is CCOC(=O)c1c(C)n(C)c2ccc(OC(=O)c3cc(OC)c(OC)c(OC)c3)cc12. The quantitative estimate of drug-likeness (QED) is 0.417. The highest BCUT2D eigenvalue weighted by Crippen LogP contribution is 2.38. The normalized spacial score (nSPS) is 10.6. The maximum atomic E-state index is 12.8. The van der Waals surface area contributed by atoms with Crippen molar-refractivity contribution in [2.75, 3.05) is 27.9 Å². The molecule has 2 aromatic carbocycles. The zero-order valence-electron chi connectivity index (χ0n) is 18.4. The van der Waals surface area contributed by atoms with Crippen LogP contribution in [0.2, 0.25) is 0 Å². The maximum absolute atomic E-state index is 12.8. The van der Waals surface area contributed by atoms with Crippen LogP contribution in [0.5, 0.6) is 23.0 Å². The minimum absolute atomic E-state index is 0.226. The largest absolute Gasteiger partial charge is 0.493 e. The van der Waals surface area contributed by atoms with Crippen LogP contribution in [0.3, 0.4) is 0 Å². The lowest BCUT2D eigenvalue weighted by atomic mass is 10.1. The smallest absolute Gasteiger partial charge is 0.343 e. The van der Waals surface area contributed by atoms with Crippen LogP contribution >= 0.6 is 0 Å². The van der Waals surface area contributed by atoms with Gasteiger partial charge in [0, 0.05) is 23.6 Å². The summed E-state index contributed by atoms with van der Waals surface area (Å²) in [5, 5.41) is 0.647. The lowest BCUT2D eigenvalue weighted by molar-refractivity contribution is 0.0527. The molecule has 0 spiro atoms. The van der Waals surface area contributed by atoms with E-state index in [-0.39, 0.29) is 12.2 Å². The van der Waals surface area contributed by atoms with Gasteiger partial charge in [0.05, 0.1) is 39.1 Å². The number of methoxy groups -OCH3 is 3. The van der Waals surface area contributed by atoms with E-state index in [1.807, 2.05) is 18.5 Å². The molecule has 0 aliphatic rings. The van der Waals surface area contributed by atoms with Crippen molar-refractivity contribution < 1.29 is 33.3 Å². The zero-order chi connectivity index (χ0) is 22.7. The summed E-state index contributed by atoms with van der Waals surface area (Å²) in [5.74, 6) is 0.326. The Morgan fingerprint density at radius 2 is 1.58 bits per heavy atom. The molecular weight excluding hydrogens is 402 g/mol. The topological polar surface area (TPSA) is 85.2 Å². The van der Waals surface area contributed by atoms with Crippen LogP contribution in [-0.4, -0.2) is 44.4 Å². The number of ether oxygens (including phenoxy) is 5. The number of benzene rings is 2. The van der Waals surface area contributed by atoms with Crippen molar-refractivity contribution in [3.8, 4) is 23.0 Å². The van der Waals surface area contributed by atoms with Gasteiger partial charge in [-0.15, -0.1) is 0 Å². The van der Waals surface area contributed by atoms with E-state index in [2.05, 4.69) is 0 Å². The van der Waals surface area contributed by atoms with Gasteiger partial charge in [0.15, 0.2) is 11.5 Å². The van der Waals surface area contributed by atoms with E-state index >= 15 is 0 Å². The van der Waals surface area contributed by atoms with E-state index in [1.54, 1.807) is 25.1 Å². The Balaban J connectivity index is 1.99. The summed E-state index contributed by atoms with van der Waals surface area (Å²) in [6.45, 7) is 3.86.